The second-order valence-electron chi connectivity index (χ2n) is 19.3. The lowest BCUT2D eigenvalue weighted by molar-refractivity contribution is -0.377. The minimum atomic E-state index is -6.01. The first-order valence-corrected chi connectivity index (χ1v) is 29.7. The van der Waals surface area contributed by atoms with Crippen LogP contribution in [0.15, 0.2) is 0 Å². The number of carboxylic acid groups (broad SMARTS) is 3. The Balaban J connectivity index is 1.27. The lowest BCUT2D eigenvalue weighted by Crippen LogP contribution is -2.71. The number of hydrogen-bond donors (Lipinski definition) is 23. The van der Waals surface area contributed by atoms with Crippen molar-refractivity contribution in [2.24, 2.45) is 0 Å². The van der Waals surface area contributed by atoms with Gasteiger partial charge in [-0.25, -0.2) is 18.6 Å². The van der Waals surface area contributed by atoms with Gasteiger partial charge >= 0.3 is 59.2 Å². The summed E-state index contributed by atoms with van der Waals surface area (Å²) in [5.41, 5.74) is 0. The molecule has 0 saturated carbocycles. The predicted octanol–water partition coefficient (Wildman–Crippen LogP) is -15.8. The van der Waals surface area contributed by atoms with Gasteiger partial charge in [-0.2, -0.15) is 47.8 Å². The molecule has 0 aromatic carbocycles. The normalized spacial score (nSPS) is 44.8. The number of hydrogen-bond acceptors (Lipinski definition) is 36. The molecule has 0 aliphatic carbocycles. The Bertz CT molecular complexity index is 2810. The lowest BCUT2D eigenvalue weighted by Gasteiger charge is -2.50. The van der Waals surface area contributed by atoms with Crippen LogP contribution < -0.4 is 14.2 Å². The molecule has 23 N–H and O–H groups in total. The van der Waals surface area contributed by atoms with Gasteiger partial charge < -0.3 is 134 Å². The van der Waals surface area contributed by atoms with Crippen LogP contribution in [-0.4, -0.2) is 355 Å². The molecule has 0 unspecified atom stereocenters. The molecular formula is C36H59N3O43S4. The van der Waals surface area contributed by atoms with Gasteiger partial charge in [0.25, 0.3) is 0 Å². The summed E-state index contributed by atoms with van der Waals surface area (Å²) in [7, 11) is -22.7. The van der Waals surface area contributed by atoms with Gasteiger partial charge in [0, 0.05) is 0 Å². The molecule has 0 amide bonds. The van der Waals surface area contributed by atoms with Gasteiger partial charge in [0.1, 0.15) is 122 Å². The second kappa shape index (κ2) is 28.2. The molecule has 86 heavy (non-hydrogen) atoms. The van der Waals surface area contributed by atoms with Crippen molar-refractivity contribution < 1.29 is 204 Å². The maximum absolute atomic E-state index is 12.9. The summed E-state index contributed by atoms with van der Waals surface area (Å²) in [5.74, 6) is -6.48. The Labute approximate surface area is 480 Å². The van der Waals surface area contributed by atoms with Crippen molar-refractivity contribution in [1.29, 1.82) is 0 Å². The van der Waals surface area contributed by atoms with Crippen LogP contribution in [0.2, 0.25) is 0 Å². The zero-order valence-corrected chi connectivity index (χ0v) is 45.7. The Morgan fingerprint density at radius 1 is 0.349 bits per heavy atom. The van der Waals surface area contributed by atoms with E-state index in [9.17, 15) is 148 Å². The number of carboxylic acids is 3. The van der Waals surface area contributed by atoms with E-state index < -0.39 is 263 Å². The number of aliphatic hydroxyl groups is 13. The molecule has 0 spiro atoms. The SMILES string of the molecule is O=C(O)[C@H]1O[C@@H](O[C@H]2[C@H](O)[C@@H](NS(=O)(=O)O)[C@@H](O[C@H]3[C@H](O)[C@@H](OS(=O)(=O)O)[C@H](O[C@H]4[C@H](O)[C@@H](NS(=O)(=O)O)[C@@H](O[C@H]5[C@H](O)[C@H](O)[C@H](O)O[C@@H]5C(=O)O)O[C@@H]4CO)O[C@H]3C(=O)O)O[C@@H]2CO)[C@H](O)[C@@H](O)[C@@H]1O[C@H]1O[C@H](CO)[C@@H](O)[C@H](O)[C@H]1NS(=O)(=O)O. The molecule has 46 nitrogen and oxygen atoms in total. The molecule has 30 atom stereocenters. The van der Waals surface area contributed by atoms with E-state index in [4.69, 9.17) is 52.1 Å². The summed E-state index contributed by atoms with van der Waals surface area (Å²) in [5, 5.41) is 169. The molecule has 6 rings (SSSR count). The van der Waals surface area contributed by atoms with Gasteiger partial charge in [-0.05, 0) is 0 Å². The maximum atomic E-state index is 12.9. The zero-order valence-electron chi connectivity index (χ0n) is 42.4. The van der Waals surface area contributed by atoms with Crippen LogP contribution in [0.3, 0.4) is 0 Å². The van der Waals surface area contributed by atoms with E-state index in [1.54, 1.807) is 0 Å². The smallest absolute Gasteiger partial charge is 0.397 e. The highest BCUT2D eigenvalue weighted by atomic mass is 32.3. The first kappa shape index (κ1) is 72.0. The molecule has 0 radical (unpaired) electrons. The summed E-state index contributed by atoms with van der Waals surface area (Å²) in [4.78, 5) is 37.5. The molecular weight excluding hydrogens is 1290 g/mol. The molecule has 6 heterocycles. The molecule has 50 heteroatoms. The van der Waals surface area contributed by atoms with Crippen molar-refractivity contribution in [3.8, 4) is 0 Å². The molecule has 0 aromatic heterocycles. The fourth-order valence-corrected chi connectivity index (χ4v) is 11.9. The summed E-state index contributed by atoms with van der Waals surface area (Å²) < 4.78 is 203. The minimum Gasteiger partial charge on any atom is -0.479 e. The fourth-order valence-electron chi connectivity index (χ4n) is 9.60. The standard InChI is InChI=1S/C36H59N3O43S4/c40-1-4-10(43)11(44)7(37-83(59,60)61)32(71-4)78-22-15(48)17(50)35(80-26(22)29(54)55)75-19-5(2-41)72-34(8(12(19)45)38-84(62,63)64)79-23-18(51)24(82-86(68,69)70)36(81-27(23)30(56)57)76-20-6(3-42)73-33(9(13(20)46)39-85(65,66)67)77-21-14(47)16(49)31(58)74-25(21)28(52)53/h4-27,31-51,58H,1-3H2,(H,52,53)(H,54,55)(H,56,57)(H,59,60,61)(H,62,63,64)(H,65,66,67)(H,68,69,70)/t4-,5-,6-,7-,8-,9-,10-,11-,12-,13-,14-,15-,16+,17-,18+,19-,20-,21+,22+,23+,24-,25+,26+,27-,31-,32-,33-,34-,35-,36-/m1/s1. The third kappa shape index (κ3) is 16.9. The Hall–Kier alpha value is -3.07. The molecule has 500 valence electrons. The van der Waals surface area contributed by atoms with Crippen molar-refractivity contribution in [2.45, 2.75) is 184 Å². The number of aliphatic hydroxyl groups excluding tert-OH is 13. The van der Waals surface area contributed by atoms with E-state index in [1.807, 2.05) is 0 Å². The van der Waals surface area contributed by atoms with Gasteiger partial charge in [-0.3, -0.25) is 18.2 Å². The summed E-state index contributed by atoms with van der Waals surface area (Å²) in [6.45, 7) is -4.10. The van der Waals surface area contributed by atoms with Gasteiger partial charge in [0.15, 0.2) is 62.2 Å². The van der Waals surface area contributed by atoms with Crippen LogP contribution in [0.1, 0.15) is 0 Å². The van der Waals surface area contributed by atoms with Gasteiger partial charge in [0.05, 0.1) is 19.8 Å². The fraction of sp³-hybridized carbons (Fsp3) is 0.917. The highest BCUT2D eigenvalue weighted by Gasteiger charge is 2.61. The maximum Gasteiger partial charge on any atom is 0.397 e. The third-order valence-corrected chi connectivity index (χ3v) is 15.7. The van der Waals surface area contributed by atoms with Crippen molar-refractivity contribution in [2.75, 3.05) is 19.8 Å². The van der Waals surface area contributed by atoms with Gasteiger partial charge in [-0.15, -0.1) is 0 Å². The van der Waals surface area contributed by atoms with E-state index in [0.717, 1.165) is 0 Å². The van der Waals surface area contributed by atoms with Gasteiger partial charge in [0.2, 0.25) is 0 Å². The number of aliphatic carboxylic acids is 3. The van der Waals surface area contributed by atoms with E-state index in [1.165, 1.54) is 14.2 Å². The van der Waals surface area contributed by atoms with E-state index in [-0.39, 0.29) is 0 Å². The first-order valence-electron chi connectivity index (χ1n) is 24.0. The average Bonchev–Trinajstić information content (AvgIpc) is 1.17. The van der Waals surface area contributed by atoms with E-state index >= 15 is 0 Å². The molecule has 0 aromatic rings. The van der Waals surface area contributed by atoms with E-state index in [0.29, 0.717) is 0 Å². The highest BCUT2D eigenvalue weighted by Crippen LogP contribution is 2.38. The quantitative estimate of drug-likeness (QED) is 0.0399. The van der Waals surface area contributed by atoms with Crippen LogP contribution in [0.25, 0.3) is 0 Å². The van der Waals surface area contributed by atoms with Crippen molar-refractivity contribution >= 4 is 59.2 Å². The van der Waals surface area contributed by atoms with E-state index in [2.05, 4.69) is 4.18 Å². The lowest BCUT2D eigenvalue weighted by atomic mass is 9.94. The zero-order chi connectivity index (χ0) is 64.8. The molecule has 6 aliphatic rings. The second-order valence-corrected chi connectivity index (χ2v) is 23.9. The van der Waals surface area contributed by atoms with Crippen molar-refractivity contribution in [3.63, 3.8) is 0 Å². The molecule has 6 saturated heterocycles. The Morgan fingerprint density at radius 2 is 0.674 bits per heavy atom. The van der Waals surface area contributed by atoms with Crippen molar-refractivity contribution in [1.82, 2.24) is 14.2 Å². The molecule has 6 aliphatic heterocycles. The number of rotatable bonds is 24. The van der Waals surface area contributed by atoms with Crippen molar-refractivity contribution in [3.05, 3.63) is 0 Å². The van der Waals surface area contributed by atoms with Gasteiger partial charge in [-0.1, -0.05) is 0 Å². The largest absolute Gasteiger partial charge is 0.479 e. The number of ether oxygens (including phenoxy) is 11. The van der Waals surface area contributed by atoms with Crippen LogP contribution in [0, 0.1) is 0 Å². The number of carbonyl (C=O) groups is 3. The Kier molecular flexibility index (Phi) is 23.6. The van der Waals surface area contributed by atoms with Crippen LogP contribution in [0.4, 0.5) is 0 Å². The molecule has 6 fully saturated rings. The summed E-state index contributed by atoms with van der Waals surface area (Å²) in [6.07, 6.45) is -69.1. The monoisotopic (exact) mass is 1350 g/mol. The summed E-state index contributed by atoms with van der Waals surface area (Å²) in [6, 6.07) is -7.60. The highest BCUT2D eigenvalue weighted by molar-refractivity contribution is 7.84. The summed E-state index contributed by atoms with van der Waals surface area (Å²) >= 11 is 0. The average molecular weight is 1350 g/mol. The number of nitrogens with one attached hydrogen (secondary N) is 3. The molecule has 0 bridgehead atoms. The minimum absolute atomic E-state index is 1.14. The van der Waals surface area contributed by atoms with Crippen LogP contribution >= 0.6 is 0 Å². The third-order valence-electron chi connectivity index (χ3n) is 13.5. The first-order chi connectivity index (χ1) is 39.6. The van der Waals surface area contributed by atoms with Crippen LogP contribution in [0.5, 0.6) is 0 Å². The predicted molar refractivity (Wildman–Crippen MR) is 249 cm³/mol. The van der Waals surface area contributed by atoms with Crippen LogP contribution in [-0.2, 0) is 112 Å². The topological polar surface area (TPSA) is 739 Å². The Morgan fingerprint density at radius 3 is 1.05 bits per heavy atom.